The molecule has 0 aliphatic heterocycles. The van der Waals surface area contributed by atoms with Crippen LogP contribution in [0.2, 0.25) is 0 Å². The average molecular weight is 469 g/mol. The third-order valence-corrected chi connectivity index (χ3v) is 7.32. The minimum atomic E-state index is -0.335. The second-order valence-electron chi connectivity index (χ2n) is 9.33. The molecule has 2 heterocycles. The molecular weight excluding hydrogens is 436 g/mol. The van der Waals surface area contributed by atoms with Crippen molar-refractivity contribution >= 4 is 22.9 Å². The number of ether oxygens (including phenoxy) is 1. The molecule has 5 rings (SSSR count). The number of aromatic nitrogens is 3. The molecule has 1 N–H and O–H groups in total. The molecule has 0 bridgehead atoms. The number of benzene rings is 2. The maximum absolute atomic E-state index is 11.5. The van der Waals surface area contributed by atoms with Gasteiger partial charge in [-0.2, -0.15) is 5.10 Å². The molecule has 2 aromatic carbocycles. The van der Waals surface area contributed by atoms with Crippen molar-refractivity contribution in [2.24, 2.45) is 7.05 Å². The maximum Gasteiger partial charge on any atom is 0.330 e. The van der Waals surface area contributed by atoms with Gasteiger partial charge < -0.3 is 9.72 Å². The van der Waals surface area contributed by atoms with E-state index in [0.717, 1.165) is 37.9 Å². The number of fused-ring (bicyclic) bond motifs is 2. The summed E-state index contributed by atoms with van der Waals surface area (Å²) in [5.74, 6) is -0.335. The molecule has 2 aromatic heterocycles. The number of H-pyrrole nitrogens is 1. The van der Waals surface area contributed by atoms with E-state index in [1.54, 1.807) is 0 Å². The van der Waals surface area contributed by atoms with Gasteiger partial charge in [0.25, 0.3) is 0 Å². The summed E-state index contributed by atoms with van der Waals surface area (Å²) < 4.78 is 6.68. The minimum Gasteiger partial charge on any atom is -0.466 e. The van der Waals surface area contributed by atoms with Crippen LogP contribution in [-0.2, 0) is 36.0 Å². The number of carbonyl (C=O) groups excluding carboxylic acids is 1. The molecule has 0 saturated carbocycles. The number of carbonyl (C=O) groups is 1. The topological polar surface area (TPSA) is 63.1 Å². The molecule has 1 unspecified atom stereocenters. The Morgan fingerprint density at radius 2 is 2.11 bits per heavy atom. The number of aromatic amines is 1. The smallest absolute Gasteiger partial charge is 0.330 e. The van der Waals surface area contributed by atoms with E-state index in [-0.39, 0.29) is 5.97 Å². The molecule has 0 saturated heterocycles. The van der Waals surface area contributed by atoms with Gasteiger partial charge in [0.05, 0.1) is 13.3 Å². The molecule has 0 amide bonds. The van der Waals surface area contributed by atoms with Crippen molar-refractivity contribution in [3.8, 4) is 0 Å². The van der Waals surface area contributed by atoms with Gasteiger partial charge in [0, 0.05) is 60.6 Å². The first-order chi connectivity index (χ1) is 17.0. The lowest BCUT2D eigenvalue weighted by Crippen LogP contribution is -2.29. The van der Waals surface area contributed by atoms with Crippen molar-refractivity contribution in [1.29, 1.82) is 0 Å². The van der Waals surface area contributed by atoms with Gasteiger partial charge in [-0.3, -0.25) is 9.58 Å². The first kappa shape index (κ1) is 23.1. The maximum atomic E-state index is 11.5. The van der Waals surface area contributed by atoms with Crippen molar-refractivity contribution < 1.29 is 9.53 Å². The molecule has 0 spiro atoms. The number of hydrogen-bond acceptors (Lipinski definition) is 4. The molecule has 0 radical (unpaired) electrons. The van der Waals surface area contributed by atoms with E-state index in [1.165, 1.54) is 52.0 Å². The number of nitrogens with one attached hydrogen (secondary N) is 1. The zero-order valence-corrected chi connectivity index (χ0v) is 20.6. The molecule has 0 fully saturated rings. The van der Waals surface area contributed by atoms with Gasteiger partial charge in [-0.25, -0.2) is 4.79 Å². The van der Waals surface area contributed by atoms with Crippen molar-refractivity contribution in [1.82, 2.24) is 19.7 Å². The van der Waals surface area contributed by atoms with Crippen LogP contribution in [0.4, 0.5) is 0 Å². The van der Waals surface area contributed by atoms with E-state index in [1.807, 2.05) is 24.0 Å². The van der Waals surface area contributed by atoms with Crippen LogP contribution in [0.5, 0.6) is 0 Å². The standard InChI is InChI=1S/C29H32N4O2/c1-20-24(18-31-32(20)2)19-33(15-14-23-17-30-27-7-5-4-6-25(23)27)28-12-10-22-16-21(8-11-26(22)28)9-13-29(34)35-3/h4-9,11,13,16-18,28,30H,10,12,14-15,19H2,1-3H3/b13-9+. The molecule has 1 aliphatic carbocycles. The van der Waals surface area contributed by atoms with Crippen LogP contribution in [0.15, 0.2) is 60.9 Å². The fourth-order valence-electron chi connectivity index (χ4n) is 5.20. The third kappa shape index (κ3) is 4.80. The normalized spacial score (nSPS) is 15.4. The number of rotatable bonds is 8. The molecule has 6 nitrogen and oxygen atoms in total. The highest BCUT2D eigenvalue weighted by Crippen LogP contribution is 2.37. The lowest BCUT2D eigenvalue weighted by molar-refractivity contribution is -0.134. The van der Waals surface area contributed by atoms with Crippen molar-refractivity contribution in [2.45, 2.75) is 38.8 Å². The highest BCUT2D eigenvalue weighted by Gasteiger charge is 2.29. The Bertz CT molecular complexity index is 1380. The molecule has 1 atom stereocenters. The minimum absolute atomic E-state index is 0.335. The Kier molecular flexibility index (Phi) is 6.55. The van der Waals surface area contributed by atoms with E-state index in [0.29, 0.717) is 6.04 Å². The molecule has 1 aliphatic rings. The summed E-state index contributed by atoms with van der Waals surface area (Å²) in [6.07, 6.45) is 10.6. The molecule has 4 aromatic rings. The Morgan fingerprint density at radius 3 is 2.91 bits per heavy atom. The van der Waals surface area contributed by atoms with E-state index < -0.39 is 0 Å². The van der Waals surface area contributed by atoms with Crippen LogP contribution in [0.1, 0.15) is 46.0 Å². The van der Waals surface area contributed by atoms with Crippen LogP contribution in [-0.4, -0.2) is 39.3 Å². The number of hydrogen-bond donors (Lipinski definition) is 1. The highest BCUT2D eigenvalue weighted by molar-refractivity contribution is 5.87. The highest BCUT2D eigenvalue weighted by atomic mass is 16.5. The number of para-hydroxylation sites is 1. The Balaban J connectivity index is 1.40. The van der Waals surface area contributed by atoms with E-state index in [9.17, 15) is 4.79 Å². The quantitative estimate of drug-likeness (QED) is 0.288. The summed E-state index contributed by atoms with van der Waals surface area (Å²) in [5.41, 5.74) is 8.82. The summed E-state index contributed by atoms with van der Waals surface area (Å²) in [5, 5.41) is 5.79. The summed E-state index contributed by atoms with van der Waals surface area (Å²) in [4.78, 5) is 17.5. The van der Waals surface area contributed by atoms with Gasteiger partial charge in [0.1, 0.15) is 0 Å². The molecular formula is C29H32N4O2. The second kappa shape index (κ2) is 9.92. The summed E-state index contributed by atoms with van der Waals surface area (Å²) >= 11 is 0. The molecule has 35 heavy (non-hydrogen) atoms. The Labute approximate surface area is 206 Å². The van der Waals surface area contributed by atoms with Gasteiger partial charge in [0.15, 0.2) is 0 Å². The van der Waals surface area contributed by atoms with Gasteiger partial charge in [0.2, 0.25) is 0 Å². The van der Waals surface area contributed by atoms with Crippen molar-refractivity contribution in [2.75, 3.05) is 13.7 Å². The first-order valence-corrected chi connectivity index (χ1v) is 12.2. The summed E-state index contributed by atoms with van der Waals surface area (Å²) in [6, 6.07) is 15.4. The predicted molar refractivity (Wildman–Crippen MR) is 139 cm³/mol. The zero-order chi connectivity index (χ0) is 24.4. The lowest BCUT2D eigenvalue weighted by atomic mass is 10.0. The largest absolute Gasteiger partial charge is 0.466 e. The number of esters is 1. The van der Waals surface area contributed by atoms with Crippen LogP contribution < -0.4 is 0 Å². The Morgan fingerprint density at radius 1 is 1.26 bits per heavy atom. The van der Waals surface area contributed by atoms with Crippen LogP contribution in [0.3, 0.4) is 0 Å². The number of nitrogens with zero attached hydrogens (tertiary/aromatic N) is 3. The van der Waals surface area contributed by atoms with Gasteiger partial charge in [-0.1, -0.05) is 36.4 Å². The van der Waals surface area contributed by atoms with Crippen LogP contribution in [0.25, 0.3) is 17.0 Å². The van der Waals surface area contributed by atoms with E-state index in [4.69, 9.17) is 4.74 Å². The molecule has 6 heteroatoms. The average Bonchev–Trinajstić information content (AvgIpc) is 3.58. The van der Waals surface area contributed by atoms with Crippen LogP contribution in [0, 0.1) is 6.92 Å². The zero-order valence-electron chi connectivity index (χ0n) is 20.6. The monoisotopic (exact) mass is 468 g/mol. The fraction of sp³-hybridized carbons (Fsp3) is 0.310. The predicted octanol–water partition coefficient (Wildman–Crippen LogP) is 5.13. The number of methoxy groups -OCH3 is 1. The number of aryl methyl sites for hydroxylation is 2. The van der Waals surface area contributed by atoms with Gasteiger partial charge in [-0.15, -0.1) is 0 Å². The van der Waals surface area contributed by atoms with E-state index >= 15 is 0 Å². The lowest BCUT2D eigenvalue weighted by Gasteiger charge is -2.30. The van der Waals surface area contributed by atoms with Crippen molar-refractivity contribution in [3.05, 3.63) is 94.4 Å². The first-order valence-electron chi connectivity index (χ1n) is 12.2. The third-order valence-electron chi connectivity index (χ3n) is 7.32. The summed E-state index contributed by atoms with van der Waals surface area (Å²) in [6.45, 7) is 3.98. The SMILES string of the molecule is COC(=O)/C=C/c1ccc2c(c1)CCC2N(CCc1c[nH]c2ccccc12)Cc1cnn(C)c1C. The fourth-order valence-corrected chi connectivity index (χ4v) is 5.20. The van der Waals surface area contributed by atoms with Crippen LogP contribution >= 0.6 is 0 Å². The Hall–Kier alpha value is -3.64. The molecule has 180 valence electrons. The van der Waals surface area contributed by atoms with E-state index in [2.05, 4.69) is 70.6 Å². The van der Waals surface area contributed by atoms with Gasteiger partial charge >= 0.3 is 5.97 Å². The summed E-state index contributed by atoms with van der Waals surface area (Å²) in [7, 11) is 3.40. The van der Waals surface area contributed by atoms with Crippen molar-refractivity contribution in [3.63, 3.8) is 0 Å². The second-order valence-corrected chi connectivity index (χ2v) is 9.33. The van der Waals surface area contributed by atoms with Gasteiger partial charge in [-0.05, 0) is 60.6 Å².